The summed E-state index contributed by atoms with van der Waals surface area (Å²) in [6, 6.07) is 57.5. The van der Waals surface area contributed by atoms with Crippen molar-refractivity contribution in [2.45, 2.75) is 0 Å². The van der Waals surface area contributed by atoms with Gasteiger partial charge in [-0.15, -0.1) is 0 Å². The van der Waals surface area contributed by atoms with E-state index in [-0.39, 0.29) is 0 Å². The van der Waals surface area contributed by atoms with Crippen molar-refractivity contribution in [3.05, 3.63) is 182 Å². The summed E-state index contributed by atoms with van der Waals surface area (Å²) in [6.45, 7) is 0. The zero-order valence-corrected chi connectivity index (χ0v) is 26.6. The van der Waals surface area contributed by atoms with E-state index in [0.29, 0.717) is 0 Å². The van der Waals surface area contributed by atoms with Crippen LogP contribution in [0.4, 0.5) is 17.1 Å². The van der Waals surface area contributed by atoms with Crippen LogP contribution in [-0.2, 0) is 0 Å². The number of hydrogen-bond acceptors (Lipinski definition) is 4. The lowest BCUT2D eigenvalue weighted by Gasteiger charge is -2.32. The molecule has 0 unspecified atom stereocenters. The number of benzene rings is 6. The summed E-state index contributed by atoms with van der Waals surface area (Å²) in [7, 11) is 0. The number of para-hydroxylation sites is 6. The largest absolute Gasteiger partial charge is 0.309 e. The molecule has 0 bridgehead atoms. The van der Waals surface area contributed by atoms with E-state index in [1.54, 1.807) is 0 Å². The second kappa shape index (κ2) is 12.2. The van der Waals surface area contributed by atoms with Gasteiger partial charge in [-0.3, -0.25) is 15.0 Å². The highest BCUT2D eigenvalue weighted by Crippen LogP contribution is 2.49. The van der Waals surface area contributed by atoms with Gasteiger partial charge < -0.3 is 4.90 Å². The van der Waals surface area contributed by atoms with Gasteiger partial charge in [-0.25, -0.2) is 0 Å². The Kier molecular flexibility index (Phi) is 7.10. The summed E-state index contributed by atoms with van der Waals surface area (Å²) in [5.41, 5.74) is 12.5. The van der Waals surface area contributed by atoms with Crippen molar-refractivity contribution >= 4 is 49.8 Å². The maximum Gasteiger partial charge on any atom is 0.0781 e. The Balaban J connectivity index is 1.37. The zero-order valence-electron chi connectivity index (χ0n) is 26.6. The van der Waals surface area contributed by atoms with Crippen molar-refractivity contribution in [1.29, 1.82) is 0 Å². The highest BCUT2D eigenvalue weighted by atomic mass is 15.2. The van der Waals surface area contributed by atoms with E-state index in [1.165, 1.54) is 0 Å². The van der Waals surface area contributed by atoms with Gasteiger partial charge in [0.2, 0.25) is 0 Å². The normalized spacial score (nSPS) is 11.3. The molecule has 0 fully saturated rings. The fraction of sp³-hybridized carbons (Fsp3) is 0. The number of anilines is 3. The second-order valence-corrected chi connectivity index (χ2v) is 12.0. The minimum absolute atomic E-state index is 0.968. The van der Waals surface area contributed by atoms with Crippen LogP contribution in [0.2, 0.25) is 0 Å². The molecule has 230 valence electrons. The summed E-state index contributed by atoms with van der Waals surface area (Å²) >= 11 is 0. The zero-order chi connectivity index (χ0) is 32.6. The van der Waals surface area contributed by atoms with Crippen molar-refractivity contribution in [2.24, 2.45) is 0 Å². The minimum Gasteiger partial charge on any atom is -0.309 e. The van der Waals surface area contributed by atoms with E-state index in [4.69, 9.17) is 15.0 Å². The van der Waals surface area contributed by atoms with Crippen LogP contribution in [-0.4, -0.2) is 15.0 Å². The molecule has 6 aromatic carbocycles. The smallest absolute Gasteiger partial charge is 0.0781 e. The maximum absolute atomic E-state index is 4.87. The number of hydrogen-bond donors (Lipinski definition) is 0. The van der Waals surface area contributed by atoms with E-state index in [2.05, 4.69) is 150 Å². The first kappa shape index (κ1) is 28.6. The Hall–Kier alpha value is -6.65. The van der Waals surface area contributed by atoms with Crippen LogP contribution >= 0.6 is 0 Å². The van der Waals surface area contributed by atoms with Crippen LogP contribution < -0.4 is 4.90 Å². The van der Waals surface area contributed by atoms with Crippen LogP contribution in [0, 0.1) is 0 Å². The van der Waals surface area contributed by atoms with Crippen molar-refractivity contribution in [3.63, 3.8) is 0 Å². The number of fused-ring (bicyclic) bond motifs is 3. The molecule has 0 radical (unpaired) electrons. The van der Waals surface area contributed by atoms with E-state index in [0.717, 1.165) is 83.2 Å². The Morgan fingerprint density at radius 1 is 0.265 bits per heavy atom. The molecule has 9 aromatic rings. The van der Waals surface area contributed by atoms with Crippen molar-refractivity contribution in [1.82, 2.24) is 15.0 Å². The molecule has 3 heterocycles. The molecule has 4 nitrogen and oxygen atoms in total. The van der Waals surface area contributed by atoms with Crippen molar-refractivity contribution < 1.29 is 0 Å². The lowest BCUT2D eigenvalue weighted by Crippen LogP contribution is -2.14. The lowest BCUT2D eigenvalue weighted by molar-refractivity contribution is 1.28. The minimum atomic E-state index is 0.968. The average Bonchev–Trinajstić information content (AvgIpc) is 3.18. The van der Waals surface area contributed by atoms with Gasteiger partial charge in [0, 0.05) is 68.1 Å². The Labute approximate surface area is 284 Å². The van der Waals surface area contributed by atoms with Gasteiger partial charge in [0.05, 0.1) is 33.6 Å². The molecule has 0 saturated heterocycles. The number of aromatic nitrogens is 3. The molecule has 49 heavy (non-hydrogen) atoms. The first-order valence-electron chi connectivity index (χ1n) is 16.4. The van der Waals surface area contributed by atoms with Gasteiger partial charge in [0.15, 0.2) is 0 Å². The first-order chi connectivity index (χ1) is 24.3. The third kappa shape index (κ3) is 4.98. The number of rotatable bonds is 6. The van der Waals surface area contributed by atoms with E-state index in [1.807, 2.05) is 36.8 Å². The molecule has 0 aliphatic rings. The summed E-state index contributed by atoms with van der Waals surface area (Å²) in [5.74, 6) is 0. The Morgan fingerprint density at radius 2 is 0.551 bits per heavy atom. The number of nitrogens with zero attached hydrogens (tertiary/aromatic N) is 4. The molecule has 3 aromatic heterocycles. The molecule has 4 heteroatoms. The van der Waals surface area contributed by atoms with Gasteiger partial charge in [-0.05, 0) is 36.4 Å². The second-order valence-electron chi connectivity index (χ2n) is 12.0. The molecule has 0 amide bonds. The third-order valence-corrected chi connectivity index (χ3v) is 9.20. The van der Waals surface area contributed by atoms with E-state index >= 15 is 0 Å². The maximum atomic E-state index is 4.87. The highest BCUT2D eigenvalue weighted by molar-refractivity contribution is 6.06. The van der Waals surface area contributed by atoms with Crippen molar-refractivity contribution in [3.8, 4) is 33.4 Å². The predicted octanol–water partition coefficient (Wildman–Crippen LogP) is 11.8. The van der Waals surface area contributed by atoms with Crippen LogP contribution in [0.25, 0.3) is 66.1 Å². The molecule has 0 aliphatic heterocycles. The molecule has 0 spiro atoms. The summed E-state index contributed by atoms with van der Waals surface area (Å²) < 4.78 is 0. The van der Waals surface area contributed by atoms with E-state index < -0.39 is 0 Å². The molecule has 9 rings (SSSR count). The number of pyridine rings is 3. The molecule has 0 saturated carbocycles. The summed E-state index contributed by atoms with van der Waals surface area (Å²) in [5, 5.41) is 3.31. The fourth-order valence-corrected chi connectivity index (χ4v) is 7.04. The lowest BCUT2D eigenvalue weighted by atomic mass is 9.94. The molecular weight excluding hydrogens is 597 g/mol. The van der Waals surface area contributed by atoms with Crippen LogP contribution in [0.1, 0.15) is 0 Å². The van der Waals surface area contributed by atoms with Crippen LogP contribution in [0.15, 0.2) is 182 Å². The molecule has 0 atom stereocenters. The molecular formula is C45H30N4. The topological polar surface area (TPSA) is 41.9 Å². The molecule has 0 N–H and O–H groups in total. The quantitative estimate of drug-likeness (QED) is 0.184. The summed E-state index contributed by atoms with van der Waals surface area (Å²) in [6.07, 6.45) is 5.62. The Morgan fingerprint density at radius 3 is 0.898 bits per heavy atom. The van der Waals surface area contributed by atoms with E-state index in [9.17, 15) is 0 Å². The highest BCUT2D eigenvalue weighted by Gasteiger charge is 2.24. The van der Waals surface area contributed by atoms with Gasteiger partial charge in [-0.1, -0.05) is 127 Å². The Bertz CT molecular complexity index is 2340. The standard InChI is InChI=1S/C45H30N4/c1-4-25-40(34(19-1)37-22-7-13-31-16-10-28-46-43(31)37)49(41-26-5-2-20-35(41)38-23-8-14-32-17-11-29-47-44(32)38)42-27-6-3-21-36(42)39-24-9-15-33-18-12-30-48-45(33)39/h1-30H. The van der Waals surface area contributed by atoms with Crippen LogP contribution in [0.3, 0.4) is 0 Å². The first-order valence-corrected chi connectivity index (χ1v) is 16.4. The average molecular weight is 627 g/mol. The summed E-state index contributed by atoms with van der Waals surface area (Å²) in [4.78, 5) is 17.0. The monoisotopic (exact) mass is 626 g/mol. The SMILES string of the molecule is c1ccc(N(c2ccccc2-c2cccc3cccnc23)c2ccccc2-c2cccc3cccnc23)c(-c2cccc3cccnc23)c1. The van der Waals surface area contributed by atoms with Gasteiger partial charge >= 0.3 is 0 Å². The molecule has 0 aliphatic carbocycles. The van der Waals surface area contributed by atoms with Crippen LogP contribution in [0.5, 0.6) is 0 Å². The fourth-order valence-electron chi connectivity index (χ4n) is 7.04. The third-order valence-electron chi connectivity index (χ3n) is 9.20. The van der Waals surface area contributed by atoms with Gasteiger partial charge in [-0.2, -0.15) is 0 Å². The van der Waals surface area contributed by atoms with Gasteiger partial charge in [0.1, 0.15) is 0 Å². The van der Waals surface area contributed by atoms with Gasteiger partial charge in [0.25, 0.3) is 0 Å². The predicted molar refractivity (Wildman–Crippen MR) is 203 cm³/mol. The van der Waals surface area contributed by atoms with Crippen molar-refractivity contribution in [2.75, 3.05) is 4.90 Å².